The second-order valence-corrected chi connectivity index (χ2v) is 7.46. The fourth-order valence-electron chi connectivity index (χ4n) is 3.67. The third kappa shape index (κ3) is 4.39. The maximum Gasteiger partial charge on any atom is 0.317 e. The topological polar surface area (TPSA) is 91.6 Å². The van der Waals surface area contributed by atoms with E-state index in [4.69, 9.17) is 5.11 Å². The first-order valence-electron chi connectivity index (χ1n) is 9.57. The molecule has 0 bridgehead atoms. The highest BCUT2D eigenvalue weighted by molar-refractivity contribution is 5.93. The Balaban J connectivity index is 1.71. The molecule has 1 saturated heterocycles. The number of likely N-dealkylation sites (N-methyl/N-ethyl adjacent to an activating group) is 1. The Morgan fingerprint density at radius 1 is 1.18 bits per heavy atom. The lowest BCUT2D eigenvalue weighted by Gasteiger charge is -2.25. The number of hydrogen-bond acceptors (Lipinski definition) is 5. The van der Waals surface area contributed by atoms with Crippen molar-refractivity contribution in [3.63, 3.8) is 0 Å². The Labute approximate surface area is 164 Å². The Hall–Kier alpha value is -2.74. The smallest absolute Gasteiger partial charge is 0.317 e. The molecule has 0 radical (unpaired) electrons. The maximum absolute atomic E-state index is 13.0. The number of benzene rings is 1. The van der Waals surface area contributed by atoms with Crippen molar-refractivity contribution in [3.05, 3.63) is 41.2 Å². The monoisotopic (exact) mass is 385 g/mol. The van der Waals surface area contributed by atoms with Crippen LogP contribution in [0.3, 0.4) is 0 Å². The molecule has 1 N–H and O–H groups in total. The van der Waals surface area contributed by atoms with E-state index in [9.17, 15) is 9.59 Å². The summed E-state index contributed by atoms with van der Waals surface area (Å²) in [6, 6.07) is 8.08. The number of carbonyl (C=O) groups is 2. The molecule has 1 aromatic carbocycles. The average molecular weight is 385 g/mol. The van der Waals surface area contributed by atoms with E-state index in [1.54, 1.807) is 4.68 Å². The van der Waals surface area contributed by atoms with E-state index in [2.05, 4.69) is 10.3 Å². The number of likely N-dealkylation sites (tertiary alicyclic amines) is 1. The van der Waals surface area contributed by atoms with Gasteiger partial charge in [-0.2, -0.15) is 0 Å². The highest BCUT2D eigenvalue weighted by Crippen LogP contribution is 2.19. The molecule has 1 aliphatic rings. The van der Waals surface area contributed by atoms with Gasteiger partial charge in [0.1, 0.15) is 0 Å². The van der Waals surface area contributed by atoms with Crippen molar-refractivity contribution >= 4 is 11.9 Å². The Kier molecular flexibility index (Phi) is 6.08. The molecule has 28 heavy (non-hydrogen) atoms. The zero-order valence-corrected chi connectivity index (χ0v) is 16.6. The van der Waals surface area contributed by atoms with E-state index in [1.807, 2.05) is 55.0 Å². The first-order chi connectivity index (χ1) is 13.4. The van der Waals surface area contributed by atoms with Gasteiger partial charge in [0.2, 0.25) is 0 Å². The predicted octanol–water partition coefficient (Wildman–Crippen LogP) is 1.90. The Bertz CT molecular complexity index is 846. The molecule has 0 saturated carbocycles. The molecule has 2 heterocycles. The number of amides is 1. The molecule has 1 fully saturated rings. The van der Waals surface area contributed by atoms with Crippen LogP contribution in [0, 0.1) is 13.8 Å². The number of aromatic nitrogens is 3. The number of aliphatic carboxylic acids is 1. The number of nitrogens with zero attached hydrogens (tertiary/aromatic N) is 5. The molecular weight excluding hydrogens is 358 g/mol. The van der Waals surface area contributed by atoms with Crippen LogP contribution >= 0.6 is 0 Å². The number of carboxylic acid groups (broad SMARTS) is 1. The molecule has 8 nitrogen and oxygen atoms in total. The summed E-state index contributed by atoms with van der Waals surface area (Å²) in [5, 5.41) is 17.3. The number of aryl methyl sites for hydroxylation is 1. The van der Waals surface area contributed by atoms with E-state index in [0.29, 0.717) is 18.8 Å². The molecule has 3 rings (SSSR count). The van der Waals surface area contributed by atoms with Gasteiger partial charge in [-0.25, -0.2) is 4.68 Å². The summed E-state index contributed by atoms with van der Waals surface area (Å²) >= 11 is 0. The quantitative estimate of drug-likeness (QED) is 0.845. The fourth-order valence-corrected chi connectivity index (χ4v) is 3.67. The molecule has 1 amide bonds. The minimum Gasteiger partial charge on any atom is -0.480 e. The van der Waals surface area contributed by atoms with Crippen molar-refractivity contribution in [2.75, 3.05) is 26.7 Å². The lowest BCUT2D eigenvalue weighted by Crippen LogP contribution is -2.37. The van der Waals surface area contributed by atoms with Crippen molar-refractivity contribution in [1.82, 2.24) is 24.8 Å². The lowest BCUT2D eigenvalue weighted by molar-refractivity contribution is -0.138. The van der Waals surface area contributed by atoms with Gasteiger partial charge in [0, 0.05) is 19.1 Å². The molecule has 1 aromatic heterocycles. The average Bonchev–Trinajstić information content (AvgIpc) is 2.88. The minimum absolute atomic E-state index is 0.0165. The van der Waals surface area contributed by atoms with Crippen LogP contribution in [0.15, 0.2) is 24.3 Å². The van der Waals surface area contributed by atoms with Crippen LogP contribution in [0.1, 0.15) is 41.0 Å². The summed E-state index contributed by atoms with van der Waals surface area (Å²) in [5.41, 5.74) is 3.13. The second-order valence-electron chi connectivity index (χ2n) is 7.46. The normalized spacial score (nSPS) is 17.6. The van der Waals surface area contributed by atoms with E-state index < -0.39 is 5.97 Å². The molecular formula is C20H27N5O3. The molecule has 0 aliphatic carbocycles. The molecule has 2 aromatic rings. The molecule has 8 heteroatoms. The van der Waals surface area contributed by atoms with Crippen molar-refractivity contribution in [3.8, 4) is 5.69 Å². The third-order valence-corrected chi connectivity index (χ3v) is 5.37. The SMILES string of the molecule is Cc1ccc(-n2nnc(C(=O)N3CCCC(N(C)CC(=O)O)CC3)c2C)cc1. The maximum atomic E-state index is 13.0. The Morgan fingerprint density at radius 2 is 1.89 bits per heavy atom. The van der Waals surface area contributed by atoms with Crippen LogP contribution in [0.5, 0.6) is 0 Å². The highest BCUT2D eigenvalue weighted by atomic mass is 16.4. The number of carbonyl (C=O) groups excluding carboxylic acids is 1. The first-order valence-corrected chi connectivity index (χ1v) is 9.57. The summed E-state index contributed by atoms with van der Waals surface area (Å²) in [4.78, 5) is 27.6. The Morgan fingerprint density at radius 3 is 2.57 bits per heavy atom. The van der Waals surface area contributed by atoms with Gasteiger partial charge in [-0.1, -0.05) is 22.9 Å². The van der Waals surface area contributed by atoms with E-state index >= 15 is 0 Å². The van der Waals surface area contributed by atoms with Gasteiger partial charge in [0.05, 0.1) is 17.9 Å². The molecule has 1 unspecified atom stereocenters. The zero-order valence-electron chi connectivity index (χ0n) is 16.6. The van der Waals surface area contributed by atoms with Gasteiger partial charge in [-0.15, -0.1) is 5.10 Å². The fraction of sp³-hybridized carbons (Fsp3) is 0.500. The minimum atomic E-state index is -0.831. The molecule has 0 spiro atoms. The summed E-state index contributed by atoms with van der Waals surface area (Å²) in [7, 11) is 1.83. The van der Waals surface area contributed by atoms with Gasteiger partial charge in [0.15, 0.2) is 5.69 Å². The van der Waals surface area contributed by atoms with Crippen molar-refractivity contribution in [2.45, 2.75) is 39.2 Å². The van der Waals surface area contributed by atoms with E-state index in [0.717, 1.165) is 36.2 Å². The van der Waals surface area contributed by atoms with Gasteiger partial charge in [0.25, 0.3) is 5.91 Å². The standard InChI is InChI=1S/C20H27N5O3/c1-14-6-8-17(9-7-14)25-15(2)19(21-22-25)20(28)24-11-4-5-16(10-12-24)23(3)13-18(26)27/h6-9,16H,4-5,10-13H2,1-3H3,(H,26,27). The van der Waals surface area contributed by atoms with Crippen LogP contribution in [-0.4, -0.2) is 74.5 Å². The molecule has 1 atom stereocenters. The van der Waals surface area contributed by atoms with Crippen molar-refractivity contribution in [2.24, 2.45) is 0 Å². The van der Waals surface area contributed by atoms with Crippen molar-refractivity contribution < 1.29 is 14.7 Å². The van der Waals surface area contributed by atoms with Crippen LogP contribution in [0.25, 0.3) is 5.69 Å². The van der Waals surface area contributed by atoms with Gasteiger partial charge in [-0.3, -0.25) is 14.5 Å². The predicted molar refractivity (Wildman–Crippen MR) is 105 cm³/mol. The first kappa shape index (κ1) is 20.0. The van der Waals surface area contributed by atoms with E-state index in [-0.39, 0.29) is 18.5 Å². The van der Waals surface area contributed by atoms with Crippen molar-refractivity contribution in [1.29, 1.82) is 0 Å². The van der Waals surface area contributed by atoms with Crippen LogP contribution in [0.2, 0.25) is 0 Å². The third-order valence-electron chi connectivity index (χ3n) is 5.37. The molecule has 150 valence electrons. The number of carboxylic acids is 1. The van der Waals surface area contributed by atoms with Gasteiger partial charge < -0.3 is 10.0 Å². The second kappa shape index (κ2) is 8.52. The zero-order chi connectivity index (χ0) is 20.3. The summed E-state index contributed by atoms with van der Waals surface area (Å²) in [6.45, 7) is 5.13. The van der Waals surface area contributed by atoms with Gasteiger partial charge in [-0.05, 0) is 52.3 Å². The largest absolute Gasteiger partial charge is 0.480 e. The summed E-state index contributed by atoms with van der Waals surface area (Å²) in [5.74, 6) is -0.944. The number of rotatable bonds is 5. The van der Waals surface area contributed by atoms with E-state index in [1.165, 1.54) is 0 Å². The summed E-state index contributed by atoms with van der Waals surface area (Å²) < 4.78 is 1.69. The number of hydrogen-bond donors (Lipinski definition) is 1. The lowest BCUT2D eigenvalue weighted by atomic mass is 10.1. The van der Waals surface area contributed by atoms with Gasteiger partial charge >= 0.3 is 5.97 Å². The van der Waals surface area contributed by atoms with Crippen LogP contribution in [-0.2, 0) is 4.79 Å². The van der Waals surface area contributed by atoms with Crippen LogP contribution in [0.4, 0.5) is 0 Å². The molecule has 1 aliphatic heterocycles. The summed E-state index contributed by atoms with van der Waals surface area (Å²) in [6.07, 6.45) is 2.47. The van der Waals surface area contributed by atoms with Crippen LogP contribution < -0.4 is 0 Å². The highest BCUT2D eigenvalue weighted by Gasteiger charge is 2.27.